The van der Waals surface area contributed by atoms with E-state index in [1.165, 1.54) is 4.90 Å². The maximum absolute atomic E-state index is 13.1. The molecule has 0 fully saturated rings. The smallest absolute Gasteiger partial charge is 0.262 e. The van der Waals surface area contributed by atoms with E-state index in [1.807, 2.05) is 18.2 Å². The molecule has 2 aromatic carbocycles. The van der Waals surface area contributed by atoms with E-state index in [2.05, 4.69) is 16.8 Å². The molecule has 4 nitrogen and oxygen atoms in total. The molecule has 1 amide bonds. The van der Waals surface area contributed by atoms with E-state index >= 15 is 0 Å². The van der Waals surface area contributed by atoms with Gasteiger partial charge in [0.15, 0.2) is 0 Å². The van der Waals surface area contributed by atoms with Gasteiger partial charge < -0.3 is 4.90 Å². The molecule has 1 aromatic heterocycles. The van der Waals surface area contributed by atoms with Gasteiger partial charge in [-0.1, -0.05) is 35.6 Å². The minimum Gasteiger partial charge on any atom is -0.311 e. The lowest BCUT2D eigenvalue weighted by molar-refractivity contribution is -0.114. The van der Waals surface area contributed by atoms with Crippen LogP contribution in [-0.4, -0.2) is 23.7 Å². The number of carbonyl (C=O) groups is 2. The largest absolute Gasteiger partial charge is 0.311 e. The highest BCUT2D eigenvalue weighted by molar-refractivity contribution is 6.36. The van der Waals surface area contributed by atoms with E-state index in [9.17, 15) is 9.59 Å². The van der Waals surface area contributed by atoms with Gasteiger partial charge in [-0.3, -0.25) is 14.6 Å². The van der Waals surface area contributed by atoms with Crippen molar-refractivity contribution in [3.8, 4) is 11.8 Å². The number of hydrogen-bond donors (Lipinski definition) is 0. The summed E-state index contributed by atoms with van der Waals surface area (Å²) in [5.41, 5.74) is 3.64. The van der Waals surface area contributed by atoms with E-state index in [-0.39, 0.29) is 17.3 Å². The van der Waals surface area contributed by atoms with Crippen LogP contribution in [-0.2, 0) is 11.2 Å². The lowest BCUT2D eigenvalue weighted by atomic mass is 9.92. The fraction of sp³-hybridized carbons (Fsp3) is 0.0800. The number of anilines is 1. The van der Waals surface area contributed by atoms with E-state index in [0.29, 0.717) is 28.3 Å². The van der Waals surface area contributed by atoms with E-state index in [4.69, 9.17) is 11.6 Å². The number of rotatable bonds is 2. The fourth-order valence-corrected chi connectivity index (χ4v) is 3.46. The second-order valence-electron chi connectivity index (χ2n) is 6.87. The summed E-state index contributed by atoms with van der Waals surface area (Å²) in [6.07, 6.45) is 5.63. The van der Waals surface area contributed by atoms with Crippen molar-refractivity contribution in [2.75, 3.05) is 11.9 Å². The number of likely N-dealkylation sites (N-methyl/N-ethyl adjacent to an activating group) is 1. The second kappa shape index (κ2) is 8.36. The first-order valence-corrected chi connectivity index (χ1v) is 9.72. The summed E-state index contributed by atoms with van der Waals surface area (Å²) in [5.74, 6) is 5.56. The van der Waals surface area contributed by atoms with Crippen molar-refractivity contribution in [3.63, 3.8) is 0 Å². The highest BCUT2D eigenvalue weighted by Gasteiger charge is 2.32. The van der Waals surface area contributed by atoms with Crippen LogP contribution in [0.3, 0.4) is 0 Å². The van der Waals surface area contributed by atoms with Gasteiger partial charge in [-0.05, 0) is 59.7 Å². The maximum atomic E-state index is 13.1. The number of nitrogens with zero attached hydrogens (tertiary/aromatic N) is 2. The number of halogens is 1. The Bertz CT molecular complexity index is 1240. The molecule has 0 spiro atoms. The average Bonchev–Trinajstić information content (AvgIpc) is 2.76. The van der Waals surface area contributed by atoms with Crippen LogP contribution in [0.4, 0.5) is 5.69 Å². The first-order chi connectivity index (χ1) is 14.5. The summed E-state index contributed by atoms with van der Waals surface area (Å²) in [6, 6.07) is 16.2. The minimum absolute atomic E-state index is 0.106. The predicted molar refractivity (Wildman–Crippen MR) is 118 cm³/mol. The number of hydrogen-bond acceptors (Lipinski definition) is 3. The van der Waals surface area contributed by atoms with Crippen LogP contribution in [0, 0.1) is 11.8 Å². The summed E-state index contributed by atoms with van der Waals surface area (Å²) < 4.78 is 0. The molecule has 0 saturated carbocycles. The van der Waals surface area contributed by atoms with E-state index < -0.39 is 0 Å². The predicted octanol–water partition coefficient (Wildman–Crippen LogP) is 4.57. The third-order valence-corrected chi connectivity index (χ3v) is 5.05. The first-order valence-electron chi connectivity index (χ1n) is 9.35. The van der Waals surface area contributed by atoms with Gasteiger partial charge in [-0.15, -0.1) is 0 Å². The van der Waals surface area contributed by atoms with Gasteiger partial charge in [0.05, 0.1) is 11.3 Å². The van der Waals surface area contributed by atoms with Crippen LogP contribution < -0.4 is 4.90 Å². The minimum atomic E-state index is -0.344. The lowest BCUT2D eigenvalue weighted by Gasteiger charge is -2.26. The number of benzene rings is 2. The number of Topliss-reactive ketones (excluding diaryl/α,β-unsaturated/α-hetero) is 1. The Morgan fingerprint density at radius 1 is 1.07 bits per heavy atom. The highest BCUT2D eigenvalue weighted by Crippen LogP contribution is 2.31. The summed E-state index contributed by atoms with van der Waals surface area (Å²) in [4.78, 5) is 31.4. The van der Waals surface area contributed by atoms with Crippen molar-refractivity contribution in [1.82, 2.24) is 4.98 Å². The SMILES string of the molecule is CN1C(=O)C(=Cc2cccc(Cl)c2)C(=O)c2cc(C#CCc3ccncc3)ccc21. The summed E-state index contributed by atoms with van der Waals surface area (Å²) in [7, 11) is 1.66. The third-order valence-electron chi connectivity index (χ3n) is 4.82. The monoisotopic (exact) mass is 412 g/mol. The fourth-order valence-electron chi connectivity index (χ4n) is 3.26. The Balaban J connectivity index is 1.67. The zero-order valence-corrected chi connectivity index (χ0v) is 17.0. The molecule has 4 rings (SSSR count). The Hall–Kier alpha value is -3.68. The summed E-state index contributed by atoms with van der Waals surface area (Å²) in [6.45, 7) is 0. The quantitative estimate of drug-likeness (QED) is 0.352. The zero-order chi connectivity index (χ0) is 21.1. The Morgan fingerprint density at radius 2 is 1.87 bits per heavy atom. The molecule has 3 aromatic rings. The van der Waals surface area contributed by atoms with Gasteiger partial charge in [0.2, 0.25) is 5.78 Å². The van der Waals surface area contributed by atoms with Crippen LogP contribution >= 0.6 is 11.6 Å². The Labute approximate surface area is 179 Å². The Morgan fingerprint density at radius 3 is 2.63 bits per heavy atom. The summed E-state index contributed by atoms with van der Waals surface area (Å²) in [5, 5.41) is 0.542. The van der Waals surface area contributed by atoms with Gasteiger partial charge in [-0.2, -0.15) is 0 Å². The molecule has 0 bridgehead atoms. The molecule has 0 saturated heterocycles. The molecule has 0 atom stereocenters. The lowest BCUT2D eigenvalue weighted by Crippen LogP contribution is -2.36. The highest BCUT2D eigenvalue weighted by atomic mass is 35.5. The molecule has 5 heteroatoms. The molecule has 30 heavy (non-hydrogen) atoms. The normalized spacial score (nSPS) is 14.3. The molecule has 1 aliphatic rings. The zero-order valence-electron chi connectivity index (χ0n) is 16.2. The van der Waals surface area contributed by atoms with Crippen LogP contribution in [0.25, 0.3) is 6.08 Å². The molecule has 0 N–H and O–H groups in total. The molecule has 2 heterocycles. The maximum Gasteiger partial charge on any atom is 0.262 e. The second-order valence-corrected chi connectivity index (χ2v) is 7.31. The third kappa shape index (κ3) is 4.03. The van der Waals surface area contributed by atoms with Gasteiger partial charge >= 0.3 is 0 Å². The Kier molecular flexibility index (Phi) is 5.47. The first kappa shape index (κ1) is 19.6. The van der Waals surface area contributed by atoms with Crippen LogP contribution in [0.5, 0.6) is 0 Å². The number of pyridine rings is 1. The standard InChI is InChI=1S/C25H17ClN2O2/c1-28-23-9-8-18(5-2-4-17-10-12-27-13-11-17)15-21(23)24(29)22(25(28)30)16-19-6-3-7-20(26)14-19/h3,6-16H,4H2,1H3. The van der Waals surface area contributed by atoms with Crippen LogP contribution in [0.1, 0.15) is 27.0 Å². The number of fused-ring (bicyclic) bond motifs is 1. The topological polar surface area (TPSA) is 50.3 Å². The van der Waals surface area contributed by atoms with Crippen molar-refractivity contribution < 1.29 is 9.59 Å². The van der Waals surface area contributed by atoms with Crippen molar-refractivity contribution in [3.05, 3.63) is 99.8 Å². The number of ketones is 1. The number of carbonyl (C=O) groups excluding carboxylic acids is 2. The molecular weight excluding hydrogens is 396 g/mol. The summed E-state index contributed by atoms with van der Waals surface area (Å²) >= 11 is 6.03. The van der Waals surface area contributed by atoms with Gasteiger partial charge in [0.1, 0.15) is 0 Å². The van der Waals surface area contributed by atoms with E-state index in [1.54, 1.807) is 61.9 Å². The molecule has 1 aliphatic heterocycles. The van der Waals surface area contributed by atoms with Crippen molar-refractivity contribution >= 4 is 35.1 Å². The van der Waals surface area contributed by atoms with Gasteiger partial charge in [0.25, 0.3) is 5.91 Å². The van der Waals surface area contributed by atoms with Crippen LogP contribution in [0.2, 0.25) is 5.02 Å². The molecule has 0 aliphatic carbocycles. The van der Waals surface area contributed by atoms with Gasteiger partial charge in [-0.25, -0.2) is 0 Å². The van der Waals surface area contributed by atoms with E-state index in [0.717, 1.165) is 11.1 Å². The molecule has 146 valence electrons. The number of amides is 1. The van der Waals surface area contributed by atoms with Gasteiger partial charge in [0, 0.05) is 42.0 Å². The number of aromatic nitrogens is 1. The van der Waals surface area contributed by atoms with Crippen LogP contribution in [0.15, 0.2) is 72.6 Å². The van der Waals surface area contributed by atoms with Crippen molar-refractivity contribution in [2.24, 2.45) is 0 Å². The molecular formula is C25H17ClN2O2. The average molecular weight is 413 g/mol. The van der Waals surface area contributed by atoms with Crippen molar-refractivity contribution in [1.29, 1.82) is 0 Å². The molecule has 0 radical (unpaired) electrons. The van der Waals surface area contributed by atoms with Crippen molar-refractivity contribution in [2.45, 2.75) is 6.42 Å². The molecule has 0 unspecified atom stereocenters.